The molecule has 3 heterocycles. The molecule has 0 spiro atoms. The lowest BCUT2D eigenvalue weighted by Gasteiger charge is -2.23. The zero-order valence-electron chi connectivity index (χ0n) is 13.2. The average Bonchev–Trinajstić information content (AvgIpc) is 3.25. The summed E-state index contributed by atoms with van der Waals surface area (Å²) in [6.45, 7) is 0.424. The molecule has 1 atom stereocenters. The van der Waals surface area contributed by atoms with Crippen molar-refractivity contribution in [3.63, 3.8) is 0 Å². The van der Waals surface area contributed by atoms with Crippen molar-refractivity contribution in [3.05, 3.63) is 71.3 Å². The van der Waals surface area contributed by atoms with Crippen LogP contribution < -0.4 is 5.32 Å². The lowest BCUT2D eigenvalue weighted by molar-refractivity contribution is -0.116. The van der Waals surface area contributed by atoms with Crippen molar-refractivity contribution >= 4 is 17.7 Å². The van der Waals surface area contributed by atoms with Crippen LogP contribution >= 0.6 is 0 Å². The van der Waals surface area contributed by atoms with E-state index < -0.39 is 5.97 Å². The summed E-state index contributed by atoms with van der Waals surface area (Å²) in [6.07, 6.45) is 3.63. The third kappa shape index (κ3) is 2.80. The highest BCUT2D eigenvalue weighted by Crippen LogP contribution is 2.37. The molecule has 1 aliphatic heterocycles. The Hall–Kier alpha value is -3.35. The number of nitrogens with one attached hydrogen (secondary N) is 1. The molecule has 7 heteroatoms. The Morgan fingerprint density at radius 1 is 1.32 bits per heavy atom. The van der Waals surface area contributed by atoms with Gasteiger partial charge in [0.1, 0.15) is 18.1 Å². The van der Waals surface area contributed by atoms with Gasteiger partial charge in [0.15, 0.2) is 0 Å². The van der Waals surface area contributed by atoms with Crippen molar-refractivity contribution in [2.75, 3.05) is 5.32 Å². The molecule has 0 radical (unpaired) electrons. The van der Waals surface area contributed by atoms with Crippen molar-refractivity contribution in [2.24, 2.45) is 0 Å². The number of furan rings is 1. The molecule has 126 valence electrons. The Kier molecular flexibility index (Phi) is 3.61. The third-order valence-electron chi connectivity index (χ3n) is 4.34. The van der Waals surface area contributed by atoms with E-state index in [4.69, 9.17) is 9.52 Å². The van der Waals surface area contributed by atoms with Gasteiger partial charge in [0.25, 0.3) is 0 Å². The van der Waals surface area contributed by atoms with Gasteiger partial charge in [-0.15, -0.1) is 0 Å². The number of carbonyl (C=O) groups is 2. The van der Waals surface area contributed by atoms with Crippen molar-refractivity contribution in [1.82, 2.24) is 9.78 Å². The van der Waals surface area contributed by atoms with E-state index in [1.807, 2.05) is 6.07 Å². The lowest BCUT2D eigenvalue weighted by Crippen LogP contribution is -2.25. The molecule has 1 aromatic carbocycles. The minimum absolute atomic E-state index is 0.0963. The molecule has 0 saturated carbocycles. The molecule has 0 fully saturated rings. The Morgan fingerprint density at radius 2 is 2.12 bits per heavy atom. The first-order chi connectivity index (χ1) is 12.1. The van der Waals surface area contributed by atoms with Crippen LogP contribution in [-0.2, 0) is 11.3 Å². The Morgan fingerprint density at radius 3 is 2.80 bits per heavy atom. The van der Waals surface area contributed by atoms with E-state index in [-0.39, 0.29) is 17.4 Å². The van der Waals surface area contributed by atoms with Crippen LogP contribution in [0.2, 0.25) is 0 Å². The predicted molar refractivity (Wildman–Crippen MR) is 88.5 cm³/mol. The molecule has 3 aromatic rings. The van der Waals surface area contributed by atoms with E-state index in [9.17, 15) is 9.59 Å². The molecule has 1 amide bonds. The number of fused-ring (bicyclic) bond motifs is 1. The van der Waals surface area contributed by atoms with Crippen LogP contribution in [0.5, 0.6) is 0 Å². The zero-order valence-corrected chi connectivity index (χ0v) is 13.2. The van der Waals surface area contributed by atoms with Gasteiger partial charge >= 0.3 is 5.97 Å². The van der Waals surface area contributed by atoms with Crippen LogP contribution in [0, 0.1) is 0 Å². The fraction of sp³-hybridized carbons (Fsp3) is 0.167. The van der Waals surface area contributed by atoms with E-state index in [0.29, 0.717) is 18.8 Å². The first kappa shape index (κ1) is 15.2. The predicted octanol–water partition coefficient (Wildman–Crippen LogP) is 2.70. The normalized spacial score (nSPS) is 16.3. The number of carbonyl (C=O) groups excluding carboxylic acids is 1. The number of nitrogens with zero attached hydrogens (tertiary/aromatic N) is 2. The number of hydrogen-bond acceptors (Lipinski definition) is 4. The van der Waals surface area contributed by atoms with Gasteiger partial charge < -0.3 is 14.8 Å². The zero-order chi connectivity index (χ0) is 17.4. The number of carboxylic acids is 1. The fourth-order valence-electron chi connectivity index (χ4n) is 3.10. The van der Waals surface area contributed by atoms with Crippen molar-refractivity contribution in [3.8, 4) is 0 Å². The average molecular weight is 337 g/mol. The summed E-state index contributed by atoms with van der Waals surface area (Å²) in [5.41, 5.74) is 2.02. The highest BCUT2D eigenvalue weighted by Gasteiger charge is 2.30. The molecule has 0 unspecified atom stereocenters. The first-order valence-corrected chi connectivity index (χ1v) is 7.83. The van der Waals surface area contributed by atoms with Gasteiger partial charge in [-0.25, -0.2) is 9.48 Å². The second kappa shape index (κ2) is 5.94. The minimum Gasteiger partial charge on any atom is -0.478 e. The Bertz CT molecular complexity index is 926. The highest BCUT2D eigenvalue weighted by atomic mass is 16.4. The van der Waals surface area contributed by atoms with Crippen molar-refractivity contribution < 1.29 is 19.1 Å². The van der Waals surface area contributed by atoms with Crippen LogP contribution in [0.1, 0.15) is 39.6 Å². The Balaban J connectivity index is 1.69. The maximum atomic E-state index is 12.2. The topological polar surface area (TPSA) is 97.4 Å². The van der Waals surface area contributed by atoms with Gasteiger partial charge in [0.05, 0.1) is 18.0 Å². The lowest BCUT2D eigenvalue weighted by atomic mass is 9.87. The van der Waals surface area contributed by atoms with Gasteiger partial charge in [0.2, 0.25) is 5.91 Å². The summed E-state index contributed by atoms with van der Waals surface area (Å²) in [6, 6.07) is 10.3. The van der Waals surface area contributed by atoms with Crippen molar-refractivity contribution in [1.29, 1.82) is 0 Å². The highest BCUT2D eigenvalue weighted by molar-refractivity contribution is 5.94. The molecule has 25 heavy (non-hydrogen) atoms. The molecule has 7 nitrogen and oxygen atoms in total. The van der Waals surface area contributed by atoms with E-state index in [1.54, 1.807) is 47.5 Å². The Labute approximate surface area is 142 Å². The molecule has 2 N–H and O–H groups in total. The first-order valence-electron chi connectivity index (χ1n) is 7.83. The summed E-state index contributed by atoms with van der Waals surface area (Å²) >= 11 is 0. The number of anilines is 1. The number of aromatic nitrogens is 2. The van der Waals surface area contributed by atoms with E-state index in [0.717, 1.165) is 16.9 Å². The largest absolute Gasteiger partial charge is 0.478 e. The second-order valence-electron chi connectivity index (χ2n) is 5.92. The molecule has 2 aromatic heterocycles. The van der Waals surface area contributed by atoms with Gasteiger partial charge in [-0.1, -0.05) is 12.1 Å². The third-order valence-corrected chi connectivity index (χ3v) is 4.34. The van der Waals surface area contributed by atoms with Gasteiger partial charge in [0, 0.05) is 17.9 Å². The summed E-state index contributed by atoms with van der Waals surface area (Å²) in [7, 11) is 0. The summed E-state index contributed by atoms with van der Waals surface area (Å²) in [5.74, 6) is 0.172. The van der Waals surface area contributed by atoms with Crippen molar-refractivity contribution in [2.45, 2.75) is 18.9 Å². The van der Waals surface area contributed by atoms with Crippen LogP contribution in [0.25, 0.3) is 0 Å². The summed E-state index contributed by atoms with van der Waals surface area (Å²) in [4.78, 5) is 23.2. The minimum atomic E-state index is -0.972. The molecule has 1 aliphatic rings. The number of benzene rings is 1. The van der Waals surface area contributed by atoms with E-state index in [2.05, 4.69) is 10.4 Å². The monoisotopic (exact) mass is 337 g/mol. The molecular formula is C18H15N3O4. The number of aromatic carboxylic acids is 1. The maximum absolute atomic E-state index is 12.2. The van der Waals surface area contributed by atoms with Gasteiger partial charge in [-0.05, 0) is 29.8 Å². The molecule has 0 saturated heterocycles. The van der Waals surface area contributed by atoms with E-state index >= 15 is 0 Å². The van der Waals surface area contributed by atoms with Crippen LogP contribution in [0.15, 0.2) is 53.3 Å². The number of amides is 1. The standard InChI is InChI=1S/C18H15N3O4/c22-16-8-14(11-3-5-12(6-4-11)18(23)24)15-9-19-21(17(15)20-16)10-13-2-1-7-25-13/h1-7,9,14H,8,10H2,(H,20,22)(H,23,24)/t14-/m1/s1. The number of rotatable bonds is 4. The van der Waals surface area contributed by atoms with Crippen LogP contribution in [-0.4, -0.2) is 26.8 Å². The quantitative estimate of drug-likeness (QED) is 0.763. The fourth-order valence-corrected chi connectivity index (χ4v) is 3.10. The SMILES string of the molecule is O=C1C[C@H](c2ccc(C(=O)O)cc2)c2cnn(Cc3ccco3)c2N1. The summed E-state index contributed by atoms with van der Waals surface area (Å²) in [5, 5.41) is 16.3. The van der Waals surface area contributed by atoms with Crippen LogP contribution in [0.4, 0.5) is 5.82 Å². The van der Waals surface area contributed by atoms with Crippen LogP contribution in [0.3, 0.4) is 0 Å². The molecule has 0 bridgehead atoms. The van der Waals surface area contributed by atoms with E-state index in [1.165, 1.54) is 0 Å². The van der Waals surface area contributed by atoms with Gasteiger partial charge in [-0.2, -0.15) is 5.10 Å². The second-order valence-corrected chi connectivity index (χ2v) is 5.92. The molecule has 0 aliphatic carbocycles. The molecular weight excluding hydrogens is 322 g/mol. The van der Waals surface area contributed by atoms with Gasteiger partial charge in [-0.3, -0.25) is 4.79 Å². The summed E-state index contributed by atoms with van der Waals surface area (Å²) < 4.78 is 7.04. The smallest absolute Gasteiger partial charge is 0.335 e. The maximum Gasteiger partial charge on any atom is 0.335 e. The number of carboxylic acid groups (broad SMARTS) is 1. The number of hydrogen-bond donors (Lipinski definition) is 2. The molecule has 4 rings (SSSR count).